The van der Waals surface area contributed by atoms with E-state index < -0.39 is 0 Å². The molecule has 2 aromatic rings. The number of carbonyl (C=O) groups is 2. The van der Waals surface area contributed by atoms with Crippen molar-refractivity contribution in [3.05, 3.63) is 71.5 Å². The van der Waals surface area contributed by atoms with Crippen molar-refractivity contribution in [3.63, 3.8) is 0 Å². The predicted molar refractivity (Wildman–Crippen MR) is 85.9 cm³/mol. The Kier molecular flexibility index (Phi) is 5.86. The zero-order chi connectivity index (χ0) is 16.7. The summed E-state index contributed by atoms with van der Waals surface area (Å²) in [6, 6.07) is 15.1. The number of carbonyl (C=O) groups excluding carboxylic acids is 2. The first-order valence-electron chi connectivity index (χ1n) is 7.48. The van der Waals surface area contributed by atoms with Gasteiger partial charge in [-0.1, -0.05) is 49.4 Å². The summed E-state index contributed by atoms with van der Waals surface area (Å²) in [6.45, 7) is 1.91. The minimum Gasteiger partial charge on any atom is -0.273 e. The molecular formula is C18H19FN2O2. The van der Waals surface area contributed by atoms with Crippen molar-refractivity contribution in [2.75, 3.05) is 0 Å². The third-order valence-corrected chi connectivity index (χ3v) is 3.53. The molecule has 120 valence electrons. The Hall–Kier alpha value is -2.69. The van der Waals surface area contributed by atoms with Gasteiger partial charge in [0.05, 0.1) is 12.3 Å². The first-order chi connectivity index (χ1) is 11.1. The highest BCUT2D eigenvalue weighted by Gasteiger charge is 2.18. The zero-order valence-corrected chi connectivity index (χ0v) is 12.9. The third kappa shape index (κ3) is 4.92. The summed E-state index contributed by atoms with van der Waals surface area (Å²) < 4.78 is 12.8. The number of benzene rings is 2. The fourth-order valence-corrected chi connectivity index (χ4v) is 2.31. The number of rotatable bonds is 5. The van der Waals surface area contributed by atoms with E-state index in [0.717, 1.165) is 5.56 Å². The van der Waals surface area contributed by atoms with Gasteiger partial charge in [0.25, 0.3) is 0 Å². The fourth-order valence-electron chi connectivity index (χ4n) is 2.31. The summed E-state index contributed by atoms with van der Waals surface area (Å²) in [5.41, 5.74) is 6.43. The Bertz CT molecular complexity index is 656. The molecule has 0 spiro atoms. The highest BCUT2D eigenvalue weighted by atomic mass is 19.1. The summed E-state index contributed by atoms with van der Waals surface area (Å²) in [7, 11) is 0. The van der Waals surface area contributed by atoms with Crippen LogP contribution in [0.1, 0.15) is 30.4 Å². The smallest absolute Gasteiger partial charge is 0.245 e. The molecule has 2 amide bonds. The van der Waals surface area contributed by atoms with E-state index in [9.17, 15) is 14.0 Å². The van der Waals surface area contributed by atoms with E-state index in [1.807, 2.05) is 37.3 Å². The lowest BCUT2D eigenvalue weighted by molar-refractivity contribution is -0.129. The summed E-state index contributed by atoms with van der Waals surface area (Å²) in [6.07, 6.45) is 0.701. The van der Waals surface area contributed by atoms with Crippen molar-refractivity contribution < 1.29 is 14.0 Å². The molecule has 0 aliphatic carbocycles. The summed E-state index contributed by atoms with van der Waals surface area (Å²) >= 11 is 0. The van der Waals surface area contributed by atoms with Crippen molar-refractivity contribution in [1.29, 1.82) is 0 Å². The number of amides is 2. The van der Waals surface area contributed by atoms with E-state index in [1.165, 1.54) is 24.3 Å². The molecule has 1 unspecified atom stereocenters. The Morgan fingerprint density at radius 2 is 1.65 bits per heavy atom. The van der Waals surface area contributed by atoms with Gasteiger partial charge in [-0.25, -0.2) is 4.39 Å². The van der Waals surface area contributed by atoms with Crippen LogP contribution in [-0.4, -0.2) is 11.8 Å². The molecule has 0 bridgehead atoms. The van der Waals surface area contributed by atoms with E-state index in [1.54, 1.807) is 0 Å². The Morgan fingerprint density at radius 3 is 2.26 bits per heavy atom. The normalized spacial score (nSPS) is 11.6. The van der Waals surface area contributed by atoms with Gasteiger partial charge in [0.1, 0.15) is 5.82 Å². The topological polar surface area (TPSA) is 58.2 Å². The van der Waals surface area contributed by atoms with Crippen LogP contribution >= 0.6 is 0 Å². The average Bonchev–Trinajstić information content (AvgIpc) is 2.57. The second kappa shape index (κ2) is 8.08. The molecule has 0 aliphatic rings. The first-order valence-corrected chi connectivity index (χ1v) is 7.48. The van der Waals surface area contributed by atoms with Gasteiger partial charge in [-0.15, -0.1) is 0 Å². The Morgan fingerprint density at radius 1 is 1.00 bits per heavy atom. The largest absolute Gasteiger partial charge is 0.273 e. The van der Waals surface area contributed by atoms with E-state index in [4.69, 9.17) is 0 Å². The molecule has 1 atom stereocenters. The number of nitrogens with one attached hydrogen (secondary N) is 2. The molecule has 0 heterocycles. The van der Waals surface area contributed by atoms with Crippen LogP contribution in [0.4, 0.5) is 4.39 Å². The van der Waals surface area contributed by atoms with Crippen LogP contribution < -0.4 is 10.9 Å². The van der Waals surface area contributed by atoms with Gasteiger partial charge in [-0.05, 0) is 29.7 Å². The molecular weight excluding hydrogens is 295 g/mol. The van der Waals surface area contributed by atoms with Crippen LogP contribution in [0.15, 0.2) is 54.6 Å². The molecule has 0 radical (unpaired) electrons. The van der Waals surface area contributed by atoms with E-state index >= 15 is 0 Å². The lowest BCUT2D eigenvalue weighted by Crippen LogP contribution is -2.44. The molecule has 0 aliphatic heterocycles. The van der Waals surface area contributed by atoms with Crippen LogP contribution in [0.5, 0.6) is 0 Å². The van der Waals surface area contributed by atoms with Crippen LogP contribution in [0.2, 0.25) is 0 Å². The molecule has 2 aromatic carbocycles. The molecule has 0 saturated carbocycles. The van der Waals surface area contributed by atoms with Crippen LogP contribution in [0.25, 0.3) is 0 Å². The van der Waals surface area contributed by atoms with Crippen LogP contribution in [0.3, 0.4) is 0 Å². The number of hydrogen-bond donors (Lipinski definition) is 2. The lowest BCUT2D eigenvalue weighted by Gasteiger charge is -2.15. The second-order valence-corrected chi connectivity index (χ2v) is 5.21. The highest BCUT2D eigenvalue weighted by Crippen LogP contribution is 2.18. The highest BCUT2D eigenvalue weighted by molar-refractivity contribution is 5.87. The molecule has 4 nitrogen and oxygen atoms in total. The number of halogens is 1. The summed E-state index contributed by atoms with van der Waals surface area (Å²) in [5.74, 6) is -1.28. The average molecular weight is 314 g/mol. The summed E-state index contributed by atoms with van der Waals surface area (Å²) in [5, 5.41) is 0. The zero-order valence-electron chi connectivity index (χ0n) is 12.9. The van der Waals surface area contributed by atoms with Gasteiger partial charge < -0.3 is 0 Å². The number of hydrazine groups is 1. The van der Waals surface area contributed by atoms with E-state index in [-0.39, 0.29) is 30.0 Å². The molecule has 0 fully saturated rings. The fraction of sp³-hybridized carbons (Fsp3) is 0.222. The maximum atomic E-state index is 12.8. The quantitative estimate of drug-likeness (QED) is 0.834. The van der Waals surface area contributed by atoms with Crippen molar-refractivity contribution in [3.8, 4) is 0 Å². The van der Waals surface area contributed by atoms with Crippen molar-refractivity contribution in [2.45, 2.75) is 25.7 Å². The monoisotopic (exact) mass is 314 g/mol. The maximum Gasteiger partial charge on any atom is 0.245 e. The van der Waals surface area contributed by atoms with Gasteiger partial charge >= 0.3 is 0 Å². The van der Waals surface area contributed by atoms with Crippen LogP contribution in [0, 0.1) is 5.82 Å². The van der Waals surface area contributed by atoms with E-state index in [0.29, 0.717) is 12.0 Å². The standard InChI is InChI=1S/C18H19FN2O2/c1-2-16(14-6-4-3-5-7-14)18(23)21-20-17(22)12-13-8-10-15(19)11-9-13/h3-11,16H,2,12H2,1H3,(H,20,22)(H,21,23). The van der Waals surface area contributed by atoms with Crippen molar-refractivity contribution in [2.24, 2.45) is 0 Å². The van der Waals surface area contributed by atoms with Crippen molar-refractivity contribution >= 4 is 11.8 Å². The van der Waals surface area contributed by atoms with Crippen LogP contribution in [-0.2, 0) is 16.0 Å². The van der Waals surface area contributed by atoms with Gasteiger partial charge in [-0.2, -0.15) is 0 Å². The first kappa shape index (κ1) is 16.7. The predicted octanol–water partition coefficient (Wildman–Crippen LogP) is 2.71. The van der Waals surface area contributed by atoms with Gasteiger partial charge in [0, 0.05) is 0 Å². The Balaban J connectivity index is 1.87. The summed E-state index contributed by atoms with van der Waals surface area (Å²) in [4.78, 5) is 24.0. The van der Waals surface area contributed by atoms with E-state index in [2.05, 4.69) is 10.9 Å². The molecule has 2 rings (SSSR count). The molecule has 0 saturated heterocycles. The van der Waals surface area contributed by atoms with Gasteiger partial charge in [0.15, 0.2) is 0 Å². The SMILES string of the molecule is CCC(C(=O)NNC(=O)Cc1ccc(F)cc1)c1ccccc1. The third-order valence-electron chi connectivity index (χ3n) is 3.53. The molecule has 0 aromatic heterocycles. The molecule has 5 heteroatoms. The lowest BCUT2D eigenvalue weighted by atomic mass is 9.96. The molecule has 23 heavy (non-hydrogen) atoms. The minimum atomic E-state index is -0.354. The van der Waals surface area contributed by atoms with Crippen molar-refractivity contribution in [1.82, 2.24) is 10.9 Å². The van der Waals surface area contributed by atoms with Gasteiger partial charge in [-0.3, -0.25) is 20.4 Å². The molecule has 2 N–H and O–H groups in total. The Labute approximate surface area is 134 Å². The second-order valence-electron chi connectivity index (χ2n) is 5.21. The maximum absolute atomic E-state index is 12.8. The minimum absolute atomic E-state index is 0.0721. The number of hydrogen-bond acceptors (Lipinski definition) is 2. The van der Waals surface area contributed by atoms with Gasteiger partial charge in [0.2, 0.25) is 11.8 Å².